The first-order chi connectivity index (χ1) is 9.22. The molecule has 0 fully saturated rings. The van der Waals surface area contributed by atoms with Crippen LogP contribution in [0.15, 0.2) is 36.5 Å². The van der Waals surface area contributed by atoms with Gasteiger partial charge in [-0.05, 0) is 30.2 Å². The highest BCUT2D eigenvalue weighted by Crippen LogP contribution is 2.14. The Morgan fingerprint density at radius 1 is 1.47 bits per heavy atom. The Morgan fingerprint density at radius 3 is 3.05 bits per heavy atom. The van der Waals surface area contributed by atoms with Gasteiger partial charge in [-0.15, -0.1) is 0 Å². The average Bonchev–Trinajstić information content (AvgIpc) is 2.93. The van der Waals surface area contributed by atoms with Crippen LogP contribution in [-0.4, -0.2) is 15.7 Å². The molecule has 0 saturated heterocycles. The van der Waals surface area contributed by atoms with Crippen molar-refractivity contribution in [3.05, 3.63) is 47.8 Å². The predicted molar refractivity (Wildman–Crippen MR) is 70.3 cm³/mol. The van der Waals surface area contributed by atoms with Crippen LogP contribution in [0.1, 0.15) is 23.0 Å². The summed E-state index contributed by atoms with van der Waals surface area (Å²) in [7, 11) is 0. The maximum absolute atomic E-state index is 11.2. The first-order valence-corrected chi connectivity index (χ1v) is 5.99. The number of amides is 1. The second kappa shape index (κ2) is 6.01. The molecule has 2 aromatic rings. The lowest BCUT2D eigenvalue weighted by Crippen LogP contribution is -2.30. The number of rotatable bonds is 5. The summed E-state index contributed by atoms with van der Waals surface area (Å²) >= 11 is 0. The van der Waals surface area contributed by atoms with Gasteiger partial charge in [0.15, 0.2) is 12.4 Å². The molecular weight excluding hydrogens is 244 g/mol. The largest absolute Gasteiger partial charge is 0.471 e. The molecule has 0 unspecified atom stereocenters. The van der Waals surface area contributed by atoms with Crippen molar-refractivity contribution in [3.63, 3.8) is 0 Å². The molecule has 1 aromatic heterocycles. The molecule has 100 valence electrons. The average molecular weight is 260 g/mol. The van der Waals surface area contributed by atoms with E-state index in [0.29, 0.717) is 0 Å². The van der Waals surface area contributed by atoms with Gasteiger partial charge in [0.1, 0.15) is 5.75 Å². The maximum Gasteiger partial charge on any atom is 0.285 e. The van der Waals surface area contributed by atoms with Crippen LogP contribution < -0.4 is 16.0 Å². The number of hydrogen-bond acceptors (Lipinski definition) is 4. The fourth-order valence-corrected chi connectivity index (χ4v) is 1.62. The third kappa shape index (κ3) is 3.32. The second-order valence-electron chi connectivity index (χ2n) is 3.99. The monoisotopic (exact) mass is 260 g/mol. The van der Waals surface area contributed by atoms with E-state index in [4.69, 9.17) is 10.6 Å². The number of nitrogen functional groups attached to an aromatic ring is 1. The van der Waals surface area contributed by atoms with Crippen LogP contribution in [-0.2, 0) is 13.2 Å². The van der Waals surface area contributed by atoms with Crippen molar-refractivity contribution in [1.29, 1.82) is 0 Å². The molecule has 0 aliphatic rings. The van der Waals surface area contributed by atoms with E-state index in [1.165, 1.54) is 10.2 Å². The number of aryl methyl sites for hydroxylation is 1. The van der Waals surface area contributed by atoms with Gasteiger partial charge in [0, 0.05) is 6.20 Å². The fourth-order valence-electron chi connectivity index (χ4n) is 1.62. The minimum Gasteiger partial charge on any atom is -0.471 e. The lowest BCUT2D eigenvalue weighted by molar-refractivity contribution is 0.0946. The molecule has 0 spiro atoms. The van der Waals surface area contributed by atoms with Crippen LogP contribution in [0.3, 0.4) is 0 Å². The van der Waals surface area contributed by atoms with Crippen LogP contribution in [0.2, 0.25) is 0 Å². The first-order valence-electron chi connectivity index (χ1n) is 5.99. The fraction of sp³-hybridized carbons (Fsp3) is 0.231. The van der Waals surface area contributed by atoms with Gasteiger partial charge in [-0.3, -0.25) is 10.2 Å². The Labute approximate surface area is 111 Å². The number of benzene rings is 1. The molecule has 6 nitrogen and oxygen atoms in total. The van der Waals surface area contributed by atoms with E-state index in [1.54, 1.807) is 12.3 Å². The Balaban J connectivity index is 1.98. The lowest BCUT2D eigenvalue weighted by atomic mass is 10.2. The summed E-state index contributed by atoms with van der Waals surface area (Å²) in [5.74, 6) is 5.38. The number of ether oxygens (including phenoxy) is 1. The summed E-state index contributed by atoms with van der Waals surface area (Å²) in [5, 5.41) is 4.04. The summed E-state index contributed by atoms with van der Waals surface area (Å²) in [5.41, 5.74) is 3.50. The number of nitrogens with zero attached hydrogens (tertiary/aromatic N) is 2. The third-order valence-corrected chi connectivity index (χ3v) is 2.67. The zero-order chi connectivity index (χ0) is 13.7. The molecule has 1 aromatic carbocycles. The second-order valence-corrected chi connectivity index (χ2v) is 3.99. The van der Waals surface area contributed by atoms with E-state index in [9.17, 15) is 4.79 Å². The number of hydrogen-bond donors (Lipinski definition) is 2. The van der Waals surface area contributed by atoms with E-state index in [0.717, 1.165) is 12.2 Å². The van der Waals surface area contributed by atoms with Gasteiger partial charge in [-0.2, -0.15) is 5.10 Å². The predicted octanol–water partition coefficient (Wildman–Crippen LogP) is 1.09. The van der Waals surface area contributed by atoms with Crippen molar-refractivity contribution < 1.29 is 9.53 Å². The highest BCUT2D eigenvalue weighted by Gasteiger charge is 2.07. The van der Waals surface area contributed by atoms with Crippen LogP contribution in [0.5, 0.6) is 5.75 Å². The third-order valence-electron chi connectivity index (χ3n) is 2.67. The maximum atomic E-state index is 11.2. The zero-order valence-electron chi connectivity index (χ0n) is 10.7. The normalized spacial score (nSPS) is 10.2. The number of aromatic nitrogens is 2. The lowest BCUT2D eigenvalue weighted by Gasteiger charge is -2.07. The molecule has 0 bridgehead atoms. The molecule has 0 aliphatic carbocycles. The Bertz CT molecular complexity index is 565. The molecule has 0 aliphatic heterocycles. The highest BCUT2D eigenvalue weighted by atomic mass is 16.5. The standard InChI is InChI=1S/C13H16N4O2/c1-2-10-4-3-5-11(8-10)19-9-17-7-6-12(16-17)13(18)15-14/h3-8H,2,9,14H2,1H3,(H,15,18). The van der Waals surface area contributed by atoms with Gasteiger partial charge < -0.3 is 4.74 Å². The molecule has 1 amide bonds. The zero-order valence-corrected chi connectivity index (χ0v) is 10.7. The van der Waals surface area contributed by atoms with E-state index < -0.39 is 5.91 Å². The smallest absolute Gasteiger partial charge is 0.285 e. The number of carbonyl (C=O) groups is 1. The molecular formula is C13H16N4O2. The quantitative estimate of drug-likeness (QED) is 0.479. The molecule has 3 N–H and O–H groups in total. The van der Waals surface area contributed by atoms with Crippen LogP contribution in [0.25, 0.3) is 0 Å². The SMILES string of the molecule is CCc1cccc(OCn2ccc(C(=O)NN)n2)c1. The van der Waals surface area contributed by atoms with Gasteiger partial charge in [0.05, 0.1) is 0 Å². The van der Waals surface area contributed by atoms with Crippen LogP contribution >= 0.6 is 0 Å². The molecule has 0 atom stereocenters. The van der Waals surface area contributed by atoms with E-state index in [-0.39, 0.29) is 12.4 Å². The van der Waals surface area contributed by atoms with Crippen molar-refractivity contribution in [2.75, 3.05) is 0 Å². The Kier molecular flexibility index (Phi) is 4.15. The highest BCUT2D eigenvalue weighted by molar-refractivity contribution is 5.91. The van der Waals surface area contributed by atoms with Gasteiger partial charge in [0.25, 0.3) is 5.91 Å². The van der Waals surface area contributed by atoms with E-state index >= 15 is 0 Å². The first kappa shape index (κ1) is 13.1. The summed E-state index contributed by atoms with van der Waals surface area (Å²) in [4.78, 5) is 11.2. The van der Waals surface area contributed by atoms with Crippen molar-refractivity contribution in [1.82, 2.24) is 15.2 Å². The Hall–Kier alpha value is -2.34. The molecule has 6 heteroatoms. The molecule has 0 saturated carbocycles. The summed E-state index contributed by atoms with van der Waals surface area (Å²) in [6.07, 6.45) is 2.62. The molecule has 0 radical (unpaired) electrons. The van der Waals surface area contributed by atoms with Crippen LogP contribution in [0.4, 0.5) is 0 Å². The number of nitrogens with two attached hydrogens (primary N) is 1. The number of carbonyl (C=O) groups excluding carboxylic acids is 1. The van der Waals surface area contributed by atoms with Gasteiger partial charge >= 0.3 is 0 Å². The van der Waals surface area contributed by atoms with Crippen molar-refractivity contribution in [3.8, 4) is 5.75 Å². The number of nitrogens with one attached hydrogen (secondary N) is 1. The van der Waals surface area contributed by atoms with Crippen molar-refractivity contribution in [2.45, 2.75) is 20.1 Å². The minimum atomic E-state index is -0.424. The topological polar surface area (TPSA) is 82.2 Å². The summed E-state index contributed by atoms with van der Waals surface area (Å²) in [6.45, 7) is 2.33. The van der Waals surface area contributed by atoms with Gasteiger partial charge in [-0.1, -0.05) is 19.1 Å². The van der Waals surface area contributed by atoms with E-state index in [2.05, 4.69) is 12.0 Å². The summed E-state index contributed by atoms with van der Waals surface area (Å²) < 4.78 is 7.13. The number of hydrazine groups is 1. The Morgan fingerprint density at radius 2 is 2.32 bits per heavy atom. The van der Waals surface area contributed by atoms with Gasteiger partial charge in [-0.25, -0.2) is 10.5 Å². The summed E-state index contributed by atoms with van der Waals surface area (Å²) in [6, 6.07) is 9.44. The van der Waals surface area contributed by atoms with Crippen molar-refractivity contribution in [2.24, 2.45) is 5.84 Å². The van der Waals surface area contributed by atoms with Gasteiger partial charge in [0.2, 0.25) is 0 Å². The van der Waals surface area contributed by atoms with Crippen LogP contribution in [0, 0.1) is 0 Å². The minimum absolute atomic E-state index is 0.241. The molecule has 2 rings (SSSR count). The van der Waals surface area contributed by atoms with Crippen molar-refractivity contribution >= 4 is 5.91 Å². The van der Waals surface area contributed by atoms with E-state index in [1.807, 2.05) is 29.7 Å². The molecule has 1 heterocycles. The molecule has 19 heavy (non-hydrogen) atoms.